The van der Waals surface area contributed by atoms with Crippen LogP contribution in [0.1, 0.15) is 44.9 Å². The van der Waals surface area contributed by atoms with Gasteiger partial charge in [0.1, 0.15) is 0 Å². The Bertz CT molecular complexity index is 220. The Morgan fingerprint density at radius 3 is 2.76 bits per heavy atom. The van der Waals surface area contributed by atoms with Crippen LogP contribution in [-0.4, -0.2) is 48.8 Å². The normalized spacial score (nSPS) is 32.1. The van der Waals surface area contributed by atoms with Crippen molar-refractivity contribution < 1.29 is 5.11 Å². The summed E-state index contributed by atoms with van der Waals surface area (Å²) in [6.07, 6.45) is 9.42. The molecule has 1 saturated heterocycles. The second-order valence-corrected chi connectivity index (χ2v) is 5.75. The summed E-state index contributed by atoms with van der Waals surface area (Å²) in [7, 11) is 2.02. The van der Waals surface area contributed by atoms with E-state index in [4.69, 9.17) is 5.11 Å². The molecular weight excluding hydrogens is 212 g/mol. The molecule has 3 heteroatoms. The fourth-order valence-corrected chi connectivity index (χ4v) is 3.72. The van der Waals surface area contributed by atoms with Crippen LogP contribution in [0.15, 0.2) is 0 Å². The van der Waals surface area contributed by atoms with Gasteiger partial charge in [-0.2, -0.15) is 0 Å². The van der Waals surface area contributed by atoms with Crippen LogP contribution in [0.3, 0.4) is 0 Å². The summed E-state index contributed by atoms with van der Waals surface area (Å²) in [6.45, 7) is 2.69. The smallest absolute Gasteiger partial charge is 0.0446 e. The highest BCUT2D eigenvalue weighted by molar-refractivity contribution is 4.88. The molecule has 3 nitrogen and oxygen atoms in total. The summed E-state index contributed by atoms with van der Waals surface area (Å²) in [5.41, 5.74) is 0. The minimum Gasteiger partial charge on any atom is -0.396 e. The molecule has 2 N–H and O–H groups in total. The highest BCUT2D eigenvalue weighted by Crippen LogP contribution is 2.35. The molecular formula is C14H28N2O. The first kappa shape index (κ1) is 13.3. The van der Waals surface area contributed by atoms with Gasteiger partial charge < -0.3 is 10.4 Å². The molecule has 0 aromatic rings. The second kappa shape index (κ2) is 6.72. The zero-order chi connectivity index (χ0) is 12.1. The van der Waals surface area contributed by atoms with Crippen molar-refractivity contribution in [1.82, 2.24) is 10.2 Å². The average molecular weight is 240 g/mol. The number of fused-ring (bicyclic) bond motifs is 1. The lowest BCUT2D eigenvalue weighted by molar-refractivity contribution is 0.0511. The van der Waals surface area contributed by atoms with Crippen molar-refractivity contribution in [1.29, 1.82) is 0 Å². The predicted octanol–water partition coefficient (Wildman–Crippen LogP) is 1.61. The van der Waals surface area contributed by atoms with Gasteiger partial charge in [0.15, 0.2) is 0 Å². The maximum Gasteiger partial charge on any atom is 0.0446 e. The van der Waals surface area contributed by atoms with Gasteiger partial charge in [-0.3, -0.25) is 4.90 Å². The summed E-state index contributed by atoms with van der Waals surface area (Å²) < 4.78 is 0. The third kappa shape index (κ3) is 3.43. The Labute approximate surface area is 106 Å². The van der Waals surface area contributed by atoms with Crippen molar-refractivity contribution in [3.8, 4) is 0 Å². The van der Waals surface area contributed by atoms with Gasteiger partial charge in [-0.1, -0.05) is 12.8 Å². The highest BCUT2D eigenvalue weighted by Gasteiger charge is 2.33. The summed E-state index contributed by atoms with van der Waals surface area (Å²) in [5, 5.41) is 12.4. The van der Waals surface area contributed by atoms with E-state index in [1.165, 1.54) is 45.1 Å². The quantitative estimate of drug-likeness (QED) is 0.766. The van der Waals surface area contributed by atoms with Crippen molar-refractivity contribution in [3.63, 3.8) is 0 Å². The van der Waals surface area contributed by atoms with E-state index in [9.17, 15) is 0 Å². The second-order valence-electron chi connectivity index (χ2n) is 5.75. The van der Waals surface area contributed by atoms with Gasteiger partial charge in [-0.15, -0.1) is 0 Å². The summed E-state index contributed by atoms with van der Waals surface area (Å²) >= 11 is 0. The Hall–Kier alpha value is -0.120. The largest absolute Gasteiger partial charge is 0.396 e. The summed E-state index contributed by atoms with van der Waals surface area (Å²) in [5.74, 6) is 0.962. The summed E-state index contributed by atoms with van der Waals surface area (Å²) in [6, 6.07) is 1.30. The number of likely N-dealkylation sites (N-methyl/N-ethyl adjacent to an activating group) is 1. The first-order valence-corrected chi connectivity index (χ1v) is 7.37. The molecule has 2 aliphatic rings. The zero-order valence-corrected chi connectivity index (χ0v) is 11.2. The van der Waals surface area contributed by atoms with Crippen LogP contribution in [0.5, 0.6) is 0 Å². The number of likely N-dealkylation sites (tertiary alicyclic amines) is 1. The molecule has 3 atom stereocenters. The molecule has 1 heterocycles. The fraction of sp³-hybridized carbons (Fsp3) is 1.00. The van der Waals surface area contributed by atoms with Crippen molar-refractivity contribution in [2.45, 2.75) is 57.0 Å². The van der Waals surface area contributed by atoms with Crippen molar-refractivity contribution in [3.05, 3.63) is 0 Å². The van der Waals surface area contributed by atoms with Crippen molar-refractivity contribution >= 4 is 0 Å². The zero-order valence-electron chi connectivity index (χ0n) is 11.2. The number of rotatable bonds is 5. The molecule has 0 spiro atoms. The fourth-order valence-electron chi connectivity index (χ4n) is 3.72. The molecule has 0 aromatic carbocycles. The lowest BCUT2D eigenvalue weighted by Gasteiger charge is -2.45. The number of nitrogens with zero attached hydrogens (tertiary/aromatic N) is 1. The van der Waals surface area contributed by atoms with Crippen molar-refractivity contribution in [2.75, 3.05) is 26.7 Å². The molecule has 100 valence electrons. The van der Waals surface area contributed by atoms with Crippen molar-refractivity contribution in [2.24, 2.45) is 5.92 Å². The molecule has 0 radical (unpaired) electrons. The number of piperidine rings is 1. The monoisotopic (exact) mass is 240 g/mol. The summed E-state index contributed by atoms with van der Waals surface area (Å²) in [4.78, 5) is 2.70. The number of hydrogen-bond donors (Lipinski definition) is 2. The van der Waals surface area contributed by atoms with Gasteiger partial charge >= 0.3 is 0 Å². The lowest BCUT2D eigenvalue weighted by Crippen LogP contribution is -2.51. The first-order valence-electron chi connectivity index (χ1n) is 7.37. The molecule has 1 aliphatic carbocycles. The van der Waals surface area contributed by atoms with Crippen LogP contribution >= 0.6 is 0 Å². The van der Waals surface area contributed by atoms with Crippen LogP contribution in [0.25, 0.3) is 0 Å². The SMILES string of the molecule is CNC(CCO)CN1CCCC2CCCCC21. The van der Waals surface area contributed by atoms with Gasteiger partial charge in [0.05, 0.1) is 0 Å². The molecule has 2 fully saturated rings. The van der Waals surface area contributed by atoms with E-state index >= 15 is 0 Å². The standard InChI is InChI=1S/C14H28N2O/c1-15-13(8-10-17)11-16-9-4-6-12-5-2-3-7-14(12)16/h12-15,17H,2-11H2,1H3. The lowest BCUT2D eigenvalue weighted by atomic mass is 9.78. The average Bonchev–Trinajstić information content (AvgIpc) is 2.38. The third-order valence-electron chi connectivity index (χ3n) is 4.70. The van der Waals surface area contributed by atoms with Crippen LogP contribution in [-0.2, 0) is 0 Å². The number of hydrogen-bond acceptors (Lipinski definition) is 3. The molecule has 1 saturated carbocycles. The molecule has 0 aromatic heterocycles. The minimum absolute atomic E-state index is 0.299. The Morgan fingerprint density at radius 2 is 2.00 bits per heavy atom. The third-order valence-corrected chi connectivity index (χ3v) is 4.70. The van der Waals surface area contributed by atoms with Gasteiger partial charge in [-0.25, -0.2) is 0 Å². The van der Waals surface area contributed by atoms with Crippen LogP contribution in [0.4, 0.5) is 0 Å². The molecule has 17 heavy (non-hydrogen) atoms. The van der Waals surface area contributed by atoms with E-state index < -0.39 is 0 Å². The van der Waals surface area contributed by atoms with E-state index in [0.717, 1.165) is 24.9 Å². The van der Waals surface area contributed by atoms with Gasteiger partial charge in [0.2, 0.25) is 0 Å². The molecule has 0 amide bonds. The van der Waals surface area contributed by atoms with E-state index in [1.807, 2.05) is 7.05 Å². The topological polar surface area (TPSA) is 35.5 Å². The van der Waals surface area contributed by atoms with E-state index in [2.05, 4.69) is 10.2 Å². The predicted molar refractivity (Wildman–Crippen MR) is 71.1 cm³/mol. The van der Waals surface area contributed by atoms with Gasteiger partial charge in [0, 0.05) is 25.2 Å². The minimum atomic E-state index is 0.299. The molecule has 1 aliphatic heterocycles. The first-order chi connectivity index (χ1) is 8.35. The van der Waals surface area contributed by atoms with Crippen LogP contribution in [0.2, 0.25) is 0 Å². The number of aliphatic hydroxyl groups excluding tert-OH is 1. The molecule has 2 rings (SSSR count). The Morgan fingerprint density at radius 1 is 1.24 bits per heavy atom. The van der Waals surface area contributed by atoms with Gasteiger partial charge in [0.25, 0.3) is 0 Å². The Kier molecular flexibility index (Phi) is 5.26. The van der Waals surface area contributed by atoms with Crippen LogP contribution in [0, 0.1) is 5.92 Å². The molecule has 0 bridgehead atoms. The molecule has 3 unspecified atom stereocenters. The van der Waals surface area contributed by atoms with E-state index in [-0.39, 0.29) is 0 Å². The maximum atomic E-state index is 9.07. The van der Waals surface area contributed by atoms with Gasteiger partial charge in [-0.05, 0) is 51.6 Å². The maximum absolute atomic E-state index is 9.07. The van der Waals surface area contributed by atoms with E-state index in [1.54, 1.807) is 0 Å². The van der Waals surface area contributed by atoms with Crippen LogP contribution < -0.4 is 5.32 Å². The van der Waals surface area contributed by atoms with E-state index in [0.29, 0.717) is 12.6 Å². The highest BCUT2D eigenvalue weighted by atomic mass is 16.3. The number of nitrogens with one attached hydrogen (secondary N) is 1. The number of aliphatic hydroxyl groups is 1. The Balaban J connectivity index is 1.89.